The standard InChI is InChI=1S/C8H13NO3/c10-7(11)3-6-8(4-9-6)1-2-12-5-8/h6,9H,1-5H2,(H,10,11). The van der Waals surface area contributed by atoms with Crippen LogP contribution < -0.4 is 5.32 Å². The molecule has 2 rings (SSSR count). The van der Waals surface area contributed by atoms with Crippen LogP contribution in [0.5, 0.6) is 0 Å². The van der Waals surface area contributed by atoms with Gasteiger partial charge in [0.2, 0.25) is 0 Å². The summed E-state index contributed by atoms with van der Waals surface area (Å²) in [6.45, 7) is 2.45. The predicted octanol–water partition coefficient (Wildman–Crippen LogP) is -0.160. The zero-order valence-electron chi connectivity index (χ0n) is 6.88. The average molecular weight is 171 g/mol. The average Bonchev–Trinajstić information content (AvgIpc) is 2.48. The number of carbonyl (C=O) groups is 1. The molecule has 2 aliphatic heterocycles. The molecule has 0 aromatic carbocycles. The summed E-state index contributed by atoms with van der Waals surface area (Å²) in [5.41, 5.74) is 0.151. The van der Waals surface area contributed by atoms with Gasteiger partial charge in [-0.05, 0) is 6.42 Å². The van der Waals surface area contributed by atoms with E-state index in [1.807, 2.05) is 0 Å². The molecule has 2 atom stereocenters. The number of aliphatic carboxylic acids is 1. The van der Waals surface area contributed by atoms with Crippen LogP contribution in [0.15, 0.2) is 0 Å². The summed E-state index contributed by atoms with van der Waals surface area (Å²) in [5, 5.41) is 11.8. The summed E-state index contributed by atoms with van der Waals surface area (Å²) in [7, 11) is 0. The first kappa shape index (κ1) is 8.01. The highest BCUT2D eigenvalue weighted by atomic mass is 16.5. The fourth-order valence-electron chi connectivity index (χ4n) is 2.04. The van der Waals surface area contributed by atoms with E-state index in [1.165, 1.54) is 0 Å². The Balaban J connectivity index is 1.95. The monoisotopic (exact) mass is 171 g/mol. The number of nitrogens with one attached hydrogen (secondary N) is 1. The first-order valence-corrected chi connectivity index (χ1v) is 4.26. The molecule has 12 heavy (non-hydrogen) atoms. The van der Waals surface area contributed by atoms with Crippen molar-refractivity contribution in [2.24, 2.45) is 5.41 Å². The van der Waals surface area contributed by atoms with E-state index < -0.39 is 5.97 Å². The first-order valence-electron chi connectivity index (χ1n) is 4.26. The Morgan fingerprint density at radius 1 is 1.75 bits per heavy atom. The van der Waals surface area contributed by atoms with Crippen LogP contribution in [0.2, 0.25) is 0 Å². The van der Waals surface area contributed by atoms with E-state index in [2.05, 4.69) is 5.32 Å². The molecular formula is C8H13NO3. The predicted molar refractivity (Wildman–Crippen MR) is 41.9 cm³/mol. The highest BCUT2D eigenvalue weighted by Gasteiger charge is 2.49. The van der Waals surface area contributed by atoms with E-state index in [0.717, 1.165) is 26.2 Å². The lowest BCUT2D eigenvalue weighted by molar-refractivity contribution is -0.139. The second-order valence-corrected chi connectivity index (χ2v) is 3.70. The third-order valence-corrected chi connectivity index (χ3v) is 2.95. The molecule has 2 heterocycles. The van der Waals surface area contributed by atoms with Crippen molar-refractivity contribution in [1.29, 1.82) is 0 Å². The molecule has 2 N–H and O–H groups in total. The van der Waals surface area contributed by atoms with E-state index in [9.17, 15) is 4.79 Å². The van der Waals surface area contributed by atoms with E-state index in [1.54, 1.807) is 0 Å². The van der Waals surface area contributed by atoms with Crippen molar-refractivity contribution >= 4 is 5.97 Å². The number of ether oxygens (including phenoxy) is 1. The molecule has 2 fully saturated rings. The van der Waals surface area contributed by atoms with Crippen molar-refractivity contribution in [3.63, 3.8) is 0 Å². The minimum atomic E-state index is -0.724. The van der Waals surface area contributed by atoms with E-state index in [-0.39, 0.29) is 17.9 Å². The van der Waals surface area contributed by atoms with E-state index in [4.69, 9.17) is 9.84 Å². The van der Waals surface area contributed by atoms with Gasteiger partial charge in [-0.15, -0.1) is 0 Å². The van der Waals surface area contributed by atoms with E-state index in [0.29, 0.717) is 0 Å². The third-order valence-electron chi connectivity index (χ3n) is 2.95. The van der Waals surface area contributed by atoms with E-state index >= 15 is 0 Å². The molecule has 4 heteroatoms. The smallest absolute Gasteiger partial charge is 0.304 e. The van der Waals surface area contributed by atoms with Crippen molar-refractivity contribution < 1.29 is 14.6 Å². The second-order valence-electron chi connectivity index (χ2n) is 3.70. The van der Waals surface area contributed by atoms with Crippen LogP contribution >= 0.6 is 0 Å². The highest BCUT2D eigenvalue weighted by molar-refractivity contribution is 5.68. The molecule has 2 saturated heterocycles. The Labute approximate surface area is 70.9 Å². The molecule has 4 nitrogen and oxygen atoms in total. The maximum absolute atomic E-state index is 10.5. The van der Waals surface area contributed by atoms with Crippen molar-refractivity contribution in [3.8, 4) is 0 Å². The Kier molecular flexibility index (Phi) is 1.81. The van der Waals surface area contributed by atoms with Gasteiger partial charge in [0, 0.05) is 24.6 Å². The van der Waals surface area contributed by atoms with Gasteiger partial charge in [-0.25, -0.2) is 0 Å². The molecule has 1 spiro atoms. The van der Waals surface area contributed by atoms with Crippen LogP contribution in [0.4, 0.5) is 0 Å². The topological polar surface area (TPSA) is 58.6 Å². The number of carboxylic acid groups (broad SMARTS) is 1. The second kappa shape index (κ2) is 2.71. The van der Waals surface area contributed by atoms with Crippen LogP contribution in [0.1, 0.15) is 12.8 Å². The summed E-state index contributed by atoms with van der Waals surface area (Å²) in [4.78, 5) is 10.5. The minimum absolute atomic E-state index is 0.137. The van der Waals surface area contributed by atoms with Crippen molar-refractivity contribution in [1.82, 2.24) is 5.32 Å². The van der Waals surface area contributed by atoms with Gasteiger partial charge in [-0.3, -0.25) is 4.79 Å². The molecule has 0 aromatic rings. The Morgan fingerprint density at radius 2 is 2.58 bits per heavy atom. The summed E-state index contributed by atoms with van der Waals surface area (Å²) in [6.07, 6.45) is 1.24. The Hall–Kier alpha value is -0.610. The van der Waals surface area contributed by atoms with Gasteiger partial charge >= 0.3 is 5.97 Å². The minimum Gasteiger partial charge on any atom is -0.481 e. The highest BCUT2D eigenvalue weighted by Crippen LogP contribution is 2.39. The summed E-state index contributed by atoms with van der Waals surface area (Å²) >= 11 is 0. The molecule has 2 aliphatic rings. The molecular weight excluding hydrogens is 158 g/mol. The molecule has 0 radical (unpaired) electrons. The molecule has 0 bridgehead atoms. The lowest BCUT2D eigenvalue weighted by atomic mass is 9.71. The lowest BCUT2D eigenvalue weighted by Crippen LogP contribution is -2.63. The van der Waals surface area contributed by atoms with Gasteiger partial charge in [0.25, 0.3) is 0 Å². The fraction of sp³-hybridized carbons (Fsp3) is 0.875. The quantitative estimate of drug-likeness (QED) is 0.606. The van der Waals surface area contributed by atoms with Gasteiger partial charge in [-0.1, -0.05) is 0 Å². The summed E-state index contributed by atoms with van der Waals surface area (Å²) in [5.74, 6) is -0.724. The van der Waals surface area contributed by atoms with Gasteiger partial charge in [0.05, 0.1) is 13.0 Å². The van der Waals surface area contributed by atoms with Gasteiger partial charge in [0.15, 0.2) is 0 Å². The maximum atomic E-state index is 10.5. The Bertz CT molecular complexity index is 198. The van der Waals surface area contributed by atoms with Crippen molar-refractivity contribution in [2.75, 3.05) is 19.8 Å². The molecule has 0 amide bonds. The molecule has 68 valence electrons. The number of rotatable bonds is 2. The van der Waals surface area contributed by atoms with Gasteiger partial charge < -0.3 is 15.2 Å². The molecule has 0 aromatic heterocycles. The molecule has 0 saturated carbocycles. The van der Waals surface area contributed by atoms with Crippen LogP contribution in [0.25, 0.3) is 0 Å². The Morgan fingerprint density at radius 3 is 3.00 bits per heavy atom. The number of carboxylic acids is 1. The van der Waals surface area contributed by atoms with Crippen LogP contribution in [0, 0.1) is 5.41 Å². The van der Waals surface area contributed by atoms with Crippen LogP contribution in [0.3, 0.4) is 0 Å². The maximum Gasteiger partial charge on any atom is 0.304 e. The fourth-order valence-corrected chi connectivity index (χ4v) is 2.04. The largest absolute Gasteiger partial charge is 0.481 e. The van der Waals surface area contributed by atoms with Crippen molar-refractivity contribution in [2.45, 2.75) is 18.9 Å². The van der Waals surface area contributed by atoms with Crippen molar-refractivity contribution in [3.05, 3.63) is 0 Å². The third kappa shape index (κ3) is 1.11. The van der Waals surface area contributed by atoms with Crippen LogP contribution in [-0.2, 0) is 9.53 Å². The van der Waals surface area contributed by atoms with Crippen LogP contribution in [-0.4, -0.2) is 36.9 Å². The van der Waals surface area contributed by atoms with Gasteiger partial charge in [0.1, 0.15) is 0 Å². The molecule has 2 unspecified atom stereocenters. The first-order chi connectivity index (χ1) is 5.73. The molecule has 0 aliphatic carbocycles. The number of hydrogen-bond acceptors (Lipinski definition) is 3. The lowest BCUT2D eigenvalue weighted by Gasteiger charge is -2.46. The zero-order valence-corrected chi connectivity index (χ0v) is 6.88. The SMILES string of the molecule is O=C(O)CC1NCC12CCOC2. The summed E-state index contributed by atoms with van der Waals surface area (Å²) < 4.78 is 5.28. The van der Waals surface area contributed by atoms with Gasteiger partial charge in [-0.2, -0.15) is 0 Å². The zero-order chi connectivity index (χ0) is 8.60. The normalized spacial score (nSPS) is 39.8. The summed E-state index contributed by atoms with van der Waals surface area (Å²) in [6, 6.07) is 0.137. The number of hydrogen-bond donors (Lipinski definition) is 2.